The number of methoxy groups -OCH3 is 1. The standard InChI is InChI=1S/C26H35ClN2O3/c1-5-7-15-29(16-8-6-2)23-14-13-21(27)17-22(23)18(3)24(25(28)30)19-9-11-20(12-10-19)26(31)32-4/h9-14,17-18,24H,5-8,15-16H2,1-4H3,(H2,28,30). The summed E-state index contributed by atoms with van der Waals surface area (Å²) in [5.74, 6) is -1.59. The van der Waals surface area contributed by atoms with E-state index in [9.17, 15) is 9.59 Å². The van der Waals surface area contributed by atoms with Gasteiger partial charge in [0.05, 0.1) is 18.6 Å². The number of hydrogen-bond acceptors (Lipinski definition) is 4. The molecule has 5 nitrogen and oxygen atoms in total. The number of amides is 1. The molecule has 2 aromatic rings. The van der Waals surface area contributed by atoms with Gasteiger partial charge in [0.25, 0.3) is 0 Å². The summed E-state index contributed by atoms with van der Waals surface area (Å²) in [4.78, 5) is 26.8. The molecule has 2 rings (SSSR count). The van der Waals surface area contributed by atoms with Crippen LogP contribution in [-0.2, 0) is 9.53 Å². The summed E-state index contributed by atoms with van der Waals surface area (Å²) in [6.45, 7) is 8.28. The van der Waals surface area contributed by atoms with Crippen LogP contribution in [0.15, 0.2) is 42.5 Å². The number of hydrogen-bond donors (Lipinski definition) is 1. The number of halogens is 1. The lowest BCUT2D eigenvalue weighted by Crippen LogP contribution is -2.30. The Morgan fingerprint density at radius 3 is 2.12 bits per heavy atom. The summed E-state index contributed by atoms with van der Waals surface area (Å²) >= 11 is 6.39. The maximum Gasteiger partial charge on any atom is 0.337 e. The minimum Gasteiger partial charge on any atom is -0.465 e. The van der Waals surface area contributed by atoms with Crippen molar-refractivity contribution in [2.45, 2.75) is 58.3 Å². The van der Waals surface area contributed by atoms with E-state index in [-0.39, 0.29) is 5.92 Å². The summed E-state index contributed by atoms with van der Waals surface area (Å²) in [6, 6.07) is 12.8. The van der Waals surface area contributed by atoms with Gasteiger partial charge in [-0.15, -0.1) is 0 Å². The highest BCUT2D eigenvalue weighted by Crippen LogP contribution is 2.39. The zero-order valence-corrected chi connectivity index (χ0v) is 20.3. The molecule has 6 heteroatoms. The number of benzene rings is 2. The second-order valence-electron chi connectivity index (χ2n) is 8.18. The highest BCUT2D eigenvalue weighted by Gasteiger charge is 2.29. The van der Waals surface area contributed by atoms with Crippen LogP contribution in [0.5, 0.6) is 0 Å². The van der Waals surface area contributed by atoms with Gasteiger partial charge in [0.2, 0.25) is 5.91 Å². The second-order valence-corrected chi connectivity index (χ2v) is 8.62. The summed E-state index contributed by atoms with van der Waals surface area (Å²) in [5.41, 5.74) is 9.17. The molecule has 2 aromatic carbocycles. The van der Waals surface area contributed by atoms with Gasteiger partial charge in [-0.05, 0) is 60.2 Å². The third-order valence-corrected chi connectivity index (χ3v) is 6.12. The van der Waals surface area contributed by atoms with E-state index in [1.165, 1.54) is 7.11 Å². The first-order valence-electron chi connectivity index (χ1n) is 11.4. The SMILES string of the molecule is CCCCN(CCCC)c1ccc(Cl)cc1C(C)C(C(N)=O)c1ccc(C(=O)OC)cc1. The maximum absolute atomic E-state index is 12.6. The minimum atomic E-state index is -0.557. The van der Waals surface area contributed by atoms with Crippen molar-refractivity contribution in [1.82, 2.24) is 0 Å². The number of ether oxygens (including phenoxy) is 1. The molecule has 0 aliphatic heterocycles. The molecule has 1 amide bonds. The maximum atomic E-state index is 12.6. The Balaban J connectivity index is 2.47. The Labute approximate surface area is 196 Å². The summed E-state index contributed by atoms with van der Waals surface area (Å²) < 4.78 is 4.77. The van der Waals surface area contributed by atoms with Crippen molar-refractivity contribution in [3.05, 3.63) is 64.2 Å². The molecule has 0 aliphatic rings. The minimum absolute atomic E-state index is 0.198. The molecule has 2 unspecified atom stereocenters. The van der Waals surface area contributed by atoms with Crippen molar-refractivity contribution in [2.75, 3.05) is 25.1 Å². The van der Waals surface area contributed by atoms with Gasteiger partial charge in [0, 0.05) is 23.8 Å². The number of carbonyl (C=O) groups excluding carboxylic acids is 2. The van der Waals surface area contributed by atoms with Crippen LogP contribution in [0.25, 0.3) is 0 Å². The molecule has 0 bridgehead atoms. The van der Waals surface area contributed by atoms with Crippen molar-refractivity contribution in [2.24, 2.45) is 5.73 Å². The Bertz CT molecular complexity index is 890. The molecule has 0 aliphatic carbocycles. The van der Waals surface area contributed by atoms with Crippen LogP contribution >= 0.6 is 11.6 Å². The quantitative estimate of drug-likeness (QED) is 0.401. The molecule has 0 heterocycles. The van der Waals surface area contributed by atoms with Crippen molar-refractivity contribution in [1.29, 1.82) is 0 Å². The fourth-order valence-electron chi connectivity index (χ4n) is 4.05. The zero-order valence-electron chi connectivity index (χ0n) is 19.6. The number of rotatable bonds is 12. The van der Waals surface area contributed by atoms with E-state index < -0.39 is 17.8 Å². The third kappa shape index (κ3) is 6.49. The van der Waals surface area contributed by atoms with Crippen LogP contribution in [0.4, 0.5) is 5.69 Å². The molecule has 0 saturated carbocycles. The van der Waals surface area contributed by atoms with E-state index in [0.29, 0.717) is 10.6 Å². The molecular weight excluding hydrogens is 424 g/mol. The average molecular weight is 459 g/mol. The summed E-state index contributed by atoms with van der Waals surface area (Å²) in [5, 5.41) is 0.630. The van der Waals surface area contributed by atoms with E-state index in [1.54, 1.807) is 24.3 Å². The number of nitrogens with zero attached hydrogens (tertiary/aromatic N) is 1. The highest BCUT2D eigenvalue weighted by molar-refractivity contribution is 6.30. The number of anilines is 1. The first kappa shape index (κ1) is 25.7. The van der Waals surface area contributed by atoms with Crippen molar-refractivity contribution in [3.63, 3.8) is 0 Å². The molecule has 0 fully saturated rings. The van der Waals surface area contributed by atoms with Crippen LogP contribution in [0.2, 0.25) is 5.02 Å². The molecule has 32 heavy (non-hydrogen) atoms. The third-order valence-electron chi connectivity index (χ3n) is 5.88. The number of carbonyl (C=O) groups is 2. The van der Waals surface area contributed by atoms with Gasteiger partial charge in [0.15, 0.2) is 0 Å². The lowest BCUT2D eigenvalue weighted by Gasteiger charge is -2.31. The predicted molar refractivity (Wildman–Crippen MR) is 132 cm³/mol. The first-order chi connectivity index (χ1) is 15.3. The molecule has 2 N–H and O–H groups in total. The smallest absolute Gasteiger partial charge is 0.337 e. The molecule has 0 aromatic heterocycles. The normalized spacial score (nSPS) is 12.8. The van der Waals surface area contributed by atoms with Gasteiger partial charge in [-0.2, -0.15) is 0 Å². The van der Waals surface area contributed by atoms with E-state index in [2.05, 4.69) is 24.8 Å². The van der Waals surface area contributed by atoms with Gasteiger partial charge in [-0.1, -0.05) is 57.3 Å². The molecular formula is C26H35ClN2O3. The van der Waals surface area contributed by atoms with Crippen LogP contribution in [0.1, 0.15) is 79.8 Å². The lowest BCUT2D eigenvalue weighted by atomic mass is 9.81. The largest absolute Gasteiger partial charge is 0.465 e. The number of unbranched alkanes of at least 4 members (excludes halogenated alkanes) is 2. The Hall–Kier alpha value is -2.53. The number of nitrogens with two attached hydrogens (primary N) is 1. The Morgan fingerprint density at radius 2 is 1.62 bits per heavy atom. The van der Waals surface area contributed by atoms with Crippen LogP contribution in [0, 0.1) is 0 Å². The summed E-state index contributed by atoms with van der Waals surface area (Å²) in [7, 11) is 1.34. The van der Waals surface area contributed by atoms with Crippen molar-refractivity contribution >= 4 is 29.2 Å². The molecule has 2 atom stereocenters. The highest BCUT2D eigenvalue weighted by atomic mass is 35.5. The molecule has 0 spiro atoms. The summed E-state index contributed by atoms with van der Waals surface area (Å²) in [6.07, 6.45) is 4.40. The Morgan fingerprint density at radius 1 is 1.03 bits per heavy atom. The average Bonchev–Trinajstić information content (AvgIpc) is 2.79. The van der Waals surface area contributed by atoms with Gasteiger partial charge in [-0.25, -0.2) is 4.79 Å². The van der Waals surface area contributed by atoms with Gasteiger partial charge >= 0.3 is 5.97 Å². The molecule has 0 radical (unpaired) electrons. The van der Waals surface area contributed by atoms with Gasteiger partial charge in [-0.3, -0.25) is 4.79 Å². The fourth-order valence-corrected chi connectivity index (χ4v) is 4.23. The van der Waals surface area contributed by atoms with Crippen LogP contribution < -0.4 is 10.6 Å². The first-order valence-corrected chi connectivity index (χ1v) is 11.7. The van der Waals surface area contributed by atoms with Gasteiger partial charge < -0.3 is 15.4 Å². The monoisotopic (exact) mass is 458 g/mol. The second kappa shape index (κ2) is 12.5. The molecule has 0 saturated heterocycles. The van der Waals surface area contributed by atoms with Gasteiger partial charge in [0.1, 0.15) is 0 Å². The number of primary amides is 1. The zero-order chi connectivity index (χ0) is 23.7. The fraction of sp³-hybridized carbons (Fsp3) is 0.462. The van der Waals surface area contributed by atoms with Crippen LogP contribution in [0.3, 0.4) is 0 Å². The molecule has 174 valence electrons. The Kier molecular flexibility index (Phi) is 10.0. The van der Waals surface area contributed by atoms with E-state index >= 15 is 0 Å². The van der Waals surface area contributed by atoms with E-state index in [0.717, 1.165) is 55.6 Å². The van der Waals surface area contributed by atoms with E-state index in [1.807, 2.05) is 19.1 Å². The number of esters is 1. The lowest BCUT2D eigenvalue weighted by molar-refractivity contribution is -0.119. The van der Waals surface area contributed by atoms with Crippen molar-refractivity contribution in [3.8, 4) is 0 Å². The topological polar surface area (TPSA) is 72.6 Å². The van der Waals surface area contributed by atoms with E-state index in [4.69, 9.17) is 22.1 Å². The van der Waals surface area contributed by atoms with Crippen LogP contribution in [-0.4, -0.2) is 32.1 Å². The van der Waals surface area contributed by atoms with Crippen molar-refractivity contribution < 1.29 is 14.3 Å². The predicted octanol–water partition coefficient (Wildman–Crippen LogP) is 5.91.